The Morgan fingerprint density at radius 1 is 1.29 bits per heavy atom. The summed E-state index contributed by atoms with van der Waals surface area (Å²) in [4.78, 5) is 14.7. The van der Waals surface area contributed by atoms with Gasteiger partial charge in [-0.1, -0.05) is 33.8 Å². The first kappa shape index (κ1) is 21.1. The SMILES string of the molecule is CCN(CC)CCCNC(=O)C(NS(=O)(=O)c1cccs1)C(C)C. The molecule has 0 fully saturated rings. The number of rotatable bonds is 11. The lowest BCUT2D eigenvalue weighted by Gasteiger charge is -2.22. The van der Waals surface area contributed by atoms with E-state index in [2.05, 4.69) is 28.8 Å². The zero-order chi connectivity index (χ0) is 18.2. The third-order valence-electron chi connectivity index (χ3n) is 3.84. The summed E-state index contributed by atoms with van der Waals surface area (Å²) in [6, 6.07) is 2.44. The summed E-state index contributed by atoms with van der Waals surface area (Å²) < 4.78 is 27.4. The second kappa shape index (κ2) is 10.1. The average molecular weight is 376 g/mol. The van der Waals surface area contributed by atoms with Crippen LogP contribution in [0.3, 0.4) is 0 Å². The van der Waals surface area contributed by atoms with Gasteiger partial charge in [0.05, 0.1) is 0 Å². The number of carbonyl (C=O) groups excluding carboxylic acids is 1. The molecular formula is C16H29N3O3S2. The summed E-state index contributed by atoms with van der Waals surface area (Å²) in [5.41, 5.74) is 0. The van der Waals surface area contributed by atoms with Crippen LogP contribution >= 0.6 is 11.3 Å². The van der Waals surface area contributed by atoms with Crippen molar-refractivity contribution in [2.45, 2.75) is 44.4 Å². The molecule has 0 aliphatic carbocycles. The normalized spacial score (nSPS) is 13.4. The van der Waals surface area contributed by atoms with Gasteiger partial charge in [-0.2, -0.15) is 4.72 Å². The Labute approximate surface area is 149 Å². The van der Waals surface area contributed by atoms with Crippen LogP contribution in [0.1, 0.15) is 34.1 Å². The summed E-state index contributed by atoms with van der Waals surface area (Å²) in [5.74, 6) is -0.410. The van der Waals surface area contributed by atoms with Crippen molar-refractivity contribution in [3.63, 3.8) is 0 Å². The van der Waals surface area contributed by atoms with Gasteiger partial charge in [0.2, 0.25) is 5.91 Å². The highest BCUT2D eigenvalue weighted by Gasteiger charge is 2.28. The second-order valence-corrected chi connectivity index (χ2v) is 8.84. The smallest absolute Gasteiger partial charge is 0.250 e. The summed E-state index contributed by atoms with van der Waals surface area (Å²) in [6.45, 7) is 11.3. The fraction of sp³-hybridized carbons (Fsp3) is 0.688. The molecule has 6 nitrogen and oxygen atoms in total. The molecule has 0 bridgehead atoms. The van der Waals surface area contributed by atoms with E-state index in [1.54, 1.807) is 11.4 Å². The minimum absolute atomic E-state index is 0.137. The van der Waals surface area contributed by atoms with Gasteiger partial charge < -0.3 is 10.2 Å². The summed E-state index contributed by atoms with van der Waals surface area (Å²) >= 11 is 1.14. The fourth-order valence-electron chi connectivity index (χ4n) is 2.30. The van der Waals surface area contributed by atoms with Gasteiger partial charge in [-0.25, -0.2) is 8.42 Å². The van der Waals surface area contributed by atoms with E-state index in [-0.39, 0.29) is 16.0 Å². The van der Waals surface area contributed by atoms with Gasteiger partial charge in [-0.05, 0) is 43.4 Å². The topological polar surface area (TPSA) is 78.5 Å². The molecule has 1 aromatic heterocycles. The summed E-state index contributed by atoms with van der Waals surface area (Å²) in [6.07, 6.45) is 0.843. The highest BCUT2D eigenvalue weighted by atomic mass is 32.2. The highest BCUT2D eigenvalue weighted by Crippen LogP contribution is 2.17. The Bertz CT molecular complexity index is 582. The van der Waals surface area contributed by atoms with Gasteiger partial charge in [0.25, 0.3) is 10.0 Å². The van der Waals surface area contributed by atoms with E-state index in [1.807, 2.05) is 13.8 Å². The Balaban J connectivity index is 2.57. The summed E-state index contributed by atoms with van der Waals surface area (Å²) in [7, 11) is -3.66. The number of sulfonamides is 1. The molecule has 8 heteroatoms. The van der Waals surface area contributed by atoms with Crippen LogP contribution in [-0.2, 0) is 14.8 Å². The molecule has 0 aromatic carbocycles. The van der Waals surface area contributed by atoms with Crippen LogP contribution in [0.5, 0.6) is 0 Å². The molecule has 24 heavy (non-hydrogen) atoms. The average Bonchev–Trinajstić information content (AvgIpc) is 3.07. The van der Waals surface area contributed by atoms with Gasteiger partial charge >= 0.3 is 0 Å². The summed E-state index contributed by atoms with van der Waals surface area (Å²) in [5, 5.41) is 4.55. The fourth-order valence-corrected chi connectivity index (χ4v) is 4.65. The predicted molar refractivity (Wildman–Crippen MR) is 98.7 cm³/mol. The molecule has 0 aliphatic rings. The van der Waals surface area contributed by atoms with Crippen LogP contribution in [-0.4, -0.2) is 51.4 Å². The van der Waals surface area contributed by atoms with Crippen molar-refractivity contribution in [3.8, 4) is 0 Å². The van der Waals surface area contributed by atoms with Crippen molar-refractivity contribution in [3.05, 3.63) is 17.5 Å². The van der Waals surface area contributed by atoms with Crippen LogP contribution in [0.4, 0.5) is 0 Å². The van der Waals surface area contributed by atoms with E-state index in [9.17, 15) is 13.2 Å². The number of hydrogen-bond acceptors (Lipinski definition) is 5. The van der Waals surface area contributed by atoms with Crippen LogP contribution in [0, 0.1) is 5.92 Å². The van der Waals surface area contributed by atoms with E-state index < -0.39 is 16.1 Å². The van der Waals surface area contributed by atoms with Crippen molar-refractivity contribution < 1.29 is 13.2 Å². The lowest BCUT2D eigenvalue weighted by Crippen LogP contribution is -2.49. The maximum Gasteiger partial charge on any atom is 0.250 e. The van der Waals surface area contributed by atoms with Crippen LogP contribution in [0.2, 0.25) is 0 Å². The number of hydrogen-bond donors (Lipinski definition) is 2. The Hall–Kier alpha value is -0.960. The minimum Gasteiger partial charge on any atom is -0.355 e. The molecule has 138 valence electrons. The maximum atomic E-state index is 12.4. The van der Waals surface area contributed by atoms with Crippen LogP contribution in [0.25, 0.3) is 0 Å². The Morgan fingerprint density at radius 3 is 2.46 bits per heavy atom. The molecule has 1 aromatic rings. The lowest BCUT2D eigenvalue weighted by atomic mass is 10.1. The van der Waals surface area contributed by atoms with Crippen LogP contribution in [0.15, 0.2) is 21.7 Å². The Kier molecular flexibility index (Phi) is 8.90. The van der Waals surface area contributed by atoms with Crippen molar-refractivity contribution >= 4 is 27.3 Å². The molecule has 2 N–H and O–H groups in total. The molecule has 0 aliphatic heterocycles. The number of nitrogens with zero attached hydrogens (tertiary/aromatic N) is 1. The molecule has 1 atom stereocenters. The molecule has 1 rings (SSSR count). The van der Waals surface area contributed by atoms with Gasteiger partial charge in [0.1, 0.15) is 10.3 Å². The van der Waals surface area contributed by atoms with Crippen LogP contribution < -0.4 is 10.0 Å². The number of amides is 1. The van der Waals surface area contributed by atoms with E-state index in [4.69, 9.17) is 0 Å². The van der Waals surface area contributed by atoms with Crippen molar-refractivity contribution in [2.24, 2.45) is 5.92 Å². The lowest BCUT2D eigenvalue weighted by molar-refractivity contribution is -0.123. The first-order valence-electron chi connectivity index (χ1n) is 8.37. The van der Waals surface area contributed by atoms with Crippen molar-refractivity contribution in [2.75, 3.05) is 26.2 Å². The third-order valence-corrected chi connectivity index (χ3v) is 6.67. The van der Waals surface area contributed by atoms with Gasteiger partial charge in [-0.3, -0.25) is 4.79 Å². The standard InChI is InChI=1S/C16H29N3O3S2/c1-5-19(6-2)11-8-10-17-16(20)15(13(3)4)18-24(21,22)14-9-7-12-23-14/h7,9,12-13,15,18H,5-6,8,10-11H2,1-4H3,(H,17,20). The molecular weight excluding hydrogens is 346 g/mol. The maximum absolute atomic E-state index is 12.4. The first-order chi connectivity index (χ1) is 11.3. The van der Waals surface area contributed by atoms with Crippen molar-refractivity contribution in [1.29, 1.82) is 0 Å². The molecule has 0 saturated heterocycles. The van der Waals surface area contributed by atoms with Gasteiger partial charge in [0.15, 0.2) is 0 Å². The highest BCUT2D eigenvalue weighted by molar-refractivity contribution is 7.91. The second-order valence-electron chi connectivity index (χ2n) is 5.95. The molecule has 0 spiro atoms. The largest absolute Gasteiger partial charge is 0.355 e. The van der Waals surface area contributed by atoms with E-state index in [1.165, 1.54) is 6.07 Å². The van der Waals surface area contributed by atoms with E-state index in [0.717, 1.165) is 37.4 Å². The number of nitrogens with one attached hydrogen (secondary N) is 2. The van der Waals surface area contributed by atoms with Gasteiger partial charge in [-0.15, -0.1) is 11.3 Å². The van der Waals surface area contributed by atoms with E-state index >= 15 is 0 Å². The monoisotopic (exact) mass is 375 g/mol. The first-order valence-corrected chi connectivity index (χ1v) is 10.7. The molecule has 1 amide bonds. The quantitative estimate of drug-likeness (QED) is 0.579. The minimum atomic E-state index is -3.66. The van der Waals surface area contributed by atoms with E-state index in [0.29, 0.717) is 6.54 Å². The molecule has 1 unspecified atom stereocenters. The zero-order valence-corrected chi connectivity index (χ0v) is 16.5. The Morgan fingerprint density at radius 2 is 1.96 bits per heavy atom. The predicted octanol–water partition coefficient (Wildman–Crippen LogP) is 1.90. The third kappa shape index (κ3) is 6.51. The molecule has 0 saturated carbocycles. The number of thiophene rings is 1. The molecule has 0 radical (unpaired) electrons. The van der Waals surface area contributed by atoms with Crippen molar-refractivity contribution in [1.82, 2.24) is 14.9 Å². The van der Waals surface area contributed by atoms with Gasteiger partial charge in [0, 0.05) is 6.54 Å². The zero-order valence-electron chi connectivity index (χ0n) is 14.9. The molecule has 1 heterocycles. The number of carbonyl (C=O) groups is 1.